The number of hydrogen-bond acceptors (Lipinski definition) is 6. The fourth-order valence-corrected chi connectivity index (χ4v) is 2.80. The predicted octanol–water partition coefficient (Wildman–Crippen LogP) is 3.62. The van der Waals surface area contributed by atoms with E-state index in [1.54, 1.807) is 12.1 Å². The number of ether oxygens (including phenoxy) is 4. The number of carbonyl (C=O) groups is 2. The highest BCUT2D eigenvalue weighted by Crippen LogP contribution is 2.36. The zero-order valence-electron chi connectivity index (χ0n) is 17.3. The molecule has 2 aromatic carbocycles. The number of hydrazine groups is 1. The van der Waals surface area contributed by atoms with Crippen LogP contribution in [0.25, 0.3) is 0 Å². The summed E-state index contributed by atoms with van der Waals surface area (Å²) in [7, 11) is 2.93. The van der Waals surface area contributed by atoms with Crippen LogP contribution in [0.2, 0.25) is 5.02 Å². The van der Waals surface area contributed by atoms with Crippen molar-refractivity contribution >= 4 is 23.4 Å². The molecule has 0 spiro atoms. The third-order valence-electron chi connectivity index (χ3n) is 3.96. The zero-order chi connectivity index (χ0) is 22.1. The molecule has 9 heteroatoms. The molecule has 0 aliphatic heterocycles. The normalized spacial score (nSPS) is 10.2. The van der Waals surface area contributed by atoms with Gasteiger partial charge in [-0.1, -0.05) is 18.5 Å². The molecule has 0 bridgehead atoms. The summed E-state index contributed by atoms with van der Waals surface area (Å²) in [6, 6.07) is 7.65. The van der Waals surface area contributed by atoms with Crippen LogP contribution >= 0.6 is 11.6 Å². The van der Waals surface area contributed by atoms with Gasteiger partial charge in [-0.2, -0.15) is 0 Å². The Hall–Kier alpha value is -3.13. The van der Waals surface area contributed by atoms with Crippen LogP contribution in [0.1, 0.15) is 41.0 Å². The van der Waals surface area contributed by atoms with E-state index in [9.17, 15) is 9.59 Å². The Morgan fingerprint density at radius 1 is 0.867 bits per heavy atom. The Labute approximate surface area is 180 Å². The van der Waals surface area contributed by atoms with Gasteiger partial charge in [0.15, 0.2) is 23.0 Å². The van der Waals surface area contributed by atoms with Crippen LogP contribution < -0.4 is 29.8 Å². The van der Waals surface area contributed by atoms with Gasteiger partial charge in [0.25, 0.3) is 11.8 Å². The summed E-state index contributed by atoms with van der Waals surface area (Å²) in [4.78, 5) is 24.9. The minimum atomic E-state index is -0.568. The second-order valence-electron chi connectivity index (χ2n) is 6.04. The summed E-state index contributed by atoms with van der Waals surface area (Å²) in [5, 5.41) is 0.222. The van der Waals surface area contributed by atoms with Crippen molar-refractivity contribution in [3.8, 4) is 23.0 Å². The molecule has 2 aromatic rings. The summed E-state index contributed by atoms with van der Waals surface area (Å²) < 4.78 is 21.5. The molecule has 2 rings (SSSR count). The molecule has 0 aliphatic rings. The largest absolute Gasteiger partial charge is 0.493 e. The topological polar surface area (TPSA) is 95.1 Å². The molecule has 30 heavy (non-hydrogen) atoms. The number of nitrogens with one attached hydrogen (secondary N) is 2. The Morgan fingerprint density at radius 3 is 2.10 bits per heavy atom. The second-order valence-corrected chi connectivity index (χ2v) is 6.45. The Balaban J connectivity index is 2.09. The van der Waals surface area contributed by atoms with Gasteiger partial charge in [0.2, 0.25) is 0 Å². The van der Waals surface area contributed by atoms with Crippen LogP contribution in [-0.4, -0.2) is 39.2 Å². The molecule has 8 nitrogen and oxygen atoms in total. The van der Waals surface area contributed by atoms with Gasteiger partial charge in [-0.15, -0.1) is 0 Å². The number of rotatable bonds is 9. The lowest BCUT2D eigenvalue weighted by molar-refractivity contribution is 0.0846. The monoisotopic (exact) mass is 436 g/mol. The summed E-state index contributed by atoms with van der Waals surface area (Å²) in [5.41, 5.74) is 5.19. The first kappa shape index (κ1) is 23.2. The maximum absolute atomic E-state index is 12.4. The van der Waals surface area contributed by atoms with Crippen molar-refractivity contribution in [3.63, 3.8) is 0 Å². The molecular formula is C21H25ClN2O6. The maximum atomic E-state index is 12.4. The van der Waals surface area contributed by atoms with Crippen LogP contribution in [-0.2, 0) is 0 Å². The molecule has 162 valence electrons. The molecule has 0 unspecified atom stereocenters. The van der Waals surface area contributed by atoms with Gasteiger partial charge in [-0.25, -0.2) is 0 Å². The van der Waals surface area contributed by atoms with Crippen LogP contribution in [0.3, 0.4) is 0 Å². The predicted molar refractivity (Wildman–Crippen MR) is 113 cm³/mol. The average Bonchev–Trinajstić information content (AvgIpc) is 2.76. The van der Waals surface area contributed by atoms with Crippen molar-refractivity contribution in [2.45, 2.75) is 20.3 Å². The molecule has 0 saturated carbocycles. The van der Waals surface area contributed by atoms with Crippen molar-refractivity contribution in [3.05, 3.63) is 46.5 Å². The first-order valence-electron chi connectivity index (χ1n) is 9.36. The van der Waals surface area contributed by atoms with E-state index in [-0.39, 0.29) is 10.6 Å². The molecule has 0 atom stereocenters. The van der Waals surface area contributed by atoms with Crippen LogP contribution in [0.5, 0.6) is 23.0 Å². The Morgan fingerprint density at radius 2 is 1.50 bits per heavy atom. The summed E-state index contributed by atoms with van der Waals surface area (Å²) in [6.45, 7) is 4.73. The number of amides is 2. The number of benzene rings is 2. The van der Waals surface area contributed by atoms with Gasteiger partial charge < -0.3 is 18.9 Å². The summed E-state index contributed by atoms with van der Waals surface area (Å²) in [6.07, 6.45) is 0.845. The fraction of sp³-hybridized carbons (Fsp3) is 0.333. The van der Waals surface area contributed by atoms with Crippen LogP contribution in [0, 0.1) is 0 Å². The quantitative estimate of drug-likeness (QED) is 0.583. The smallest absolute Gasteiger partial charge is 0.269 e. The van der Waals surface area contributed by atoms with E-state index in [2.05, 4.69) is 10.9 Å². The molecule has 2 amide bonds. The molecule has 0 aromatic heterocycles. The third-order valence-corrected chi connectivity index (χ3v) is 4.24. The zero-order valence-corrected chi connectivity index (χ0v) is 18.1. The number of methoxy groups -OCH3 is 2. The molecule has 0 aliphatic carbocycles. The van der Waals surface area contributed by atoms with E-state index >= 15 is 0 Å². The maximum Gasteiger partial charge on any atom is 0.269 e. The minimum absolute atomic E-state index is 0.196. The van der Waals surface area contributed by atoms with Gasteiger partial charge in [0.1, 0.15) is 0 Å². The van der Waals surface area contributed by atoms with E-state index in [4.69, 9.17) is 30.5 Å². The highest BCUT2D eigenvalue weighted by molar-refractivity contribution is 6.32. The van der Waals surface area contributed by atoms with Gasteiger partial charge in [-0.3, -0.25) is 20.4 Å². The second kappa shape index (κ2) is 11.2. The lowest BCUT2D eigenvalue weighted by Crippen LogP contribution is -2.41. The average molecular weight is 437 g/mol. The minimum Gasteiger partial charge on any atom is -0.493 e. The summed E-state index contributed by atoms with van der Waals surface area (Å²) in [5.74, 6) is 0.531. The molecule has 0 radical (unpaired) electrons. The lowest BCUT2D eigenvalue weighted by atomic mass is 10.2. The number of halogens is 1. The van der Waals surface area contributed by atoms with Crippen molar-refractivity contribution in [2.75, 3.05) is 27.4 Å². The van der Waals surface area contributed by atoms with Gasteiger partial charge in [0, 0.05) is 11.1 Å². The molecule has 0 heterocycles. The highest BCUT2D eigenvalue weighted by Gasteiger charge is 2.17. The molecular weight excluding hydrogens is 412 g/mol. The fourth-order valence-electron chi connectivity index (χ4n) is 2.53. The van der Waals surface area contributed by atoms with Crippen molar-refractivity contribution in [2.24, 2.45) is 0 Å². The number of carbonyl (C=O) groups excluding carboxylic acids is 2. The van der Waals surface area contributed by atoms with Gasteiger partial charge >= 0.3 is 0 Å². The first-order valence-corrected chi connectivity index (χ1v) is 9.74. The number of hydrogen-bond donors (Lipinski definition) is 2. The van der Waals surface area contributed by atoms with Gasteiger partial charge in [-0.05, 0) is 43.7 Å². The van der Waals surface area contributed by atoms with E-state index in [0.717, 1.165) is 6.42 Å². The van der Waals surface area contributed by atoms with E-state index in [1.807, 2.05) is 13.8 Å². The third kappa shape index (κ3) is 5.70. The van der Waals surface area contributed by atoms with Crippen molar-refractivity contribution < 1.29 is 28.5 Å². The van der Waals surface area contributed by atoms with E-state index < -0.39 is 11.8 Å². The van der Waals surface area contributed by atoms with Gasteiger partial charge in [0.05, 0.1) is 32.5 Å². The molecule has 0 saturated heterocycles. The summed E-state index contributed by atoms with van der Waals surface area (Å²) >= 11 is 6.18. The molecule has 0 fully saturated rings. The van der Waals surface area contributed by atoms with E-state index in [0.29, 0.717) is 41.8 Å². The van der Waals surface area contributed by atoms with Crippen molar-refractivity contribution in [1.82, 2.24) is 10.9 Å². The Bertz CT molecular complexity index is 903. The standard InChI is InChI=1S/C21H25ClN2O6/c1-5-9-30-16-8-7-13(11-17(16)27-3)20(25)23-24-21(26)14-10-15(22)19(29-6-2)18(12-14)28-4/h7-8,10-12H,5-6,9H2,1-4H3,(H,23,25)(H,24,26). The Kier molecular flexibility index (Phi) is 8.61. The lowest BCUT2D eigenvalue weighted by Gasteiger charge is -2.14. The molecule has 2 N–H and O–H groups in total. The van der Waals surface area contributed by atoms with Crippen LogP contribution in [0.4, 0.5) is 0 Å². The highest BCUT2D eigenvalue weighted by atomic mass is 35.5. The van der Waals surface area contributed by atoms with Crippen LogP contribution in [0.15, 0.2) is 30.3 Å². The van der Waals surface area contributed by atoms with E-state index in [1.165, 1.54) is 32.4 Å². The van der Waals surface area contributed by atoms with Crippen molar-refractivity contribution in [1.29, 1.82) is 0 Å². The first-order chi connectivity index (χ1) is 14.4. The SMILES string of the molecule is CCCOc1ccc(C(=O)NNC(=O)c2cc(Cl)c(OCC)c(OC)c2)cc1OC.